The first-order valence-corrected chi connectivity index (χ1v) is 3.69. The lowest BCUT2D eigenvalue weighted by atomic mass is 10.1. The summed E-state index contributed by atoms with van der Waals surface area (Å²) in [5, 5.41) is 17.1. The highest BCUT2D eigenvalue weighted by Crippen LogP contribution is 1.99. The third-order valence-electron chi connectivity index (χ3n) is 1.36. The topological polar surface area (TPSA) is 83.8 Å². The summed E-state index contributed by atoms with van der Waals surface area (Å²) in [7, 11) is 1.17. The SMILES string of the molecule is COC(=O)/C=C(/CO)C(=O)CCO. The fraction of sp³-hybridized carbons (Fsp3) is 0.500. The first-order chi connectivity index (χ1) is 6.15. The fourth-order valence-electron chi connectivity index (χ4n) is 0.678. The molecule has 0 aliphatic carbocycles. The van der Waals surface area contributed by atoms with Gasteiger partial charge in [0.2, 0.25) is 0 Å². The number of hydrogen-bond acceptors (Lipinski definition) is 5. The normalized spacial score (nSPS) is 11.2. The van der Waals surface area contributed by atoms with Crippen LogP contribution in [0.3, 0.4) is 0 Å². The third-order valence-corrected chi connectivity index (χ3v) is 1.36. The highest BCUT2D eigenvalue weighted by Gasteiger charge is 2.09. The predicted octanol–water partition coefficient (Wildman–Crippen LogP) is -0.970. The maximum atomic E-state index is 11.0. The van der Waals surface area contributed by atoms with Crippen LogP contribution in [0.1, 0.15) is 6.42 Å². The van der Waals surface area contributed by atoms with Crippen molar-refractivity contribution in [1.29, 1.82) is 0 Å². The van der Waals surface area contributed by atoms with E-state index < -0.39 is 18.4 Å². The summed E-state index contributed by atoms with van der Waals surface area (Å²) in [6.07, 6.45) is 0.807. The summed E-state index contributed by atoms with van der Waals surface area (Å²) in [6.45, 7) is -0.842. The molecule has 2 N–H and O–H groups in total. The molecule has 0 unspecified atom stereocenters. The molecule has 0 rings (SSSR count). The van der Waals surface area contributed by atoms with Crippen molar-refractivity contribution < 1.29 is 24.5 Å². The molecule has 74 valence electrons. The summed E-state index contributed by atoms with van der Waals surface area (Å²) in [5.41, 5.74) is -0.0547. The van der Waals surface area contributed by atoms with Gasteiger partial charge in [0.05, 0.1) is 20.3 Å². The number of esters is 1. The Hall–Kier alpha value is -1.20. The molecule has 0 amide bonds. The van der Waals surface area contributed by atoms with Crippen LogP contribution in [0.25, 0.3) is 0 Å². The first kappa shape index (κ1) is 11.8. The Morgan fingerprint density at radius 2 is 2.00 bits per heavy atom. The van der Waals surface area contributed by atoms with E-state index in [0.29, 0.717) is 0 Å². The Kier molecular flexibility index (Phi) is 5.75. The molecule has 5 nitrogen and oxygen atoms in total. The van der Waals surface area contributed by atoms with Gasteiger partial charge in [0, 0.05) is 18.1 Å². The van der Waals surface area contributed by atoms with Crippen molar-refractivity contribution >= 4 is 11.8 Å². The highest BCUT2D eigenvalue weighted by molar-refractivity contribution is 6.00. The largest absolute Gasteiger partial charge is 0.466 e. The maximum absolute atomic E-state index is 11.0. The van der Waals surface area contributed by atoms with E-state index in [0.717, 1.165) is 6.08 Å². The van der Waals surface area contributed by atoms with Gasteiger partial charge in [0.25, 0.3) is 0 Å². The van der Waals surface area contributed by atoms with Crippen LogP contribution < -0.4 is 0 Å². The molecule has 0 aromatic rings. The average Bonchev–Trinajstić information content (AvgIpc) is 2.14. The standard InChI is InChI=1S/C8H12O5/c1-13-8(12)4-6(5-10)7(11)2-3-9/h4,9-10H,2-3,5H2,1H3/b6-4-. The van der Waals surface area contributed by atoms with Crippen LogP contribution >= 0.6 is 0 Å². The van der Waals surface area contributed by atoms with E-state index in [4.69, 9.17) is 10.2 Å². The van der Waals surface area contributed by atoms with Crippen LogP contribution in [0, 0.1) is 0 Å². The van der Waals surface area contributed by atoms with Gasteiger partial charge in [0.1, 0.15) is 0 Å². The van der Waals surface area contributed by atoms with Crippen molar-refractivity contribution in [1.82, 2.24) is 0 Å². The molecular weight excluding hydrogens is 176 g/mol. The summed E-state index contributed by atoms with van der Waals surface area (Å²) in [5.74, 6) is -1.16. The van der Waals surface area contributed by atoms with Gasteiger partial charge < -0.3 is 14.9 Å². The predicted molar refractivity (Wildman–Crippen MR) is 43.9 cm³/mol. The zero-order valence-electron chi connectivity index (χ0n) is 7.32. The Morgan fingerprint density at radius 1 is 1.38 bits per heavy atom. The first-order valence-electron chi connectivity index (χ1n) is 3.69. The molecule has 0 aliphatic rings. The van der Waals surface area contributed by atoms with E-state index in [1.165, 1.54) is 7.11 Å². The summed E-state index contributed by atoms with van der Waals surface area (Å²) >= 11 is 0. The maximum Gasteiger partial charge on any atom is 0.330 e. The molecule has 0 aromatic carbocycles. The number of hydrogen-bond donors (Lipinski definition) is 2. The molecule has 0 aliphatic heterocycles. The zero-order valence-corrected chi connectivity index (χ0v) is 7.32. The number of carbonyl (C=O) groups is 2. The van der Waals surface area contributed by atoms with Gasteiger partial charge in [-0.05, 0) is 0 Å². The van der Waals surface area contributed by atoms with Crippen molar-refractivity contribution in [3.63, 3.8) is 0 Å². The molecule has 0 spiro atoms. The Bertz CT molecular complexity index is 219. The lowest BCUT2D eigenvalue weighted by Crippen LogP contribution is -2.11. The van der Waals surface area contributed by atoms with Gasteiger partial charge in [-0.3, -0.25) is 4.79 Å². The lowest BCUT2D eigenvalue weighted by Gasteiger charge is -2.00. The van der Waals surface area contributed by atoms with Crippen LogP contribution in [0.5, 0.6) is 0 Å². The van der Waals surface area contributed by atoms with Crippen LogP contribution in [0.4, 0.5) is 0 Å². The van der Waals surface area contributed by atoms with Crippen LogP contribution in [-0.2, 0) is 14.3 Å². The number of methoxy groups -OCH3 is 1. The quantitative estimate of drug-likeness (QED) is 0.428. The van der Waals surface area contributed by atoms with E-state index in [1.807, 2.05) is 0 Å². The van der Waals surface area contributed by atoms with E-state index >= 15 is 0 Å². The van der Waals surface area contributed by atoms with Gasteiger partial charge in [-0.15, -0.1) is 0 Å². The summed E-state index contributed by atoms with van der Waals surface area (Å²) in [6, 6.07) is 0. The minimum atomic E-state index is -0.699. The second-order valence-electron chi connectivity index (χ2n) is 2.25. The van der Waals surface area contributed by atoms with Crippen molar-refractivity contribution in [2.24, 2.45) is 0 Å². The van der Waals surface area contributed by atoms with Crippen LogP contribution in [0.15, 0.2) is 11.6 Å². The van der Waals surface area contributed by atoms with Crippen molar-refractivity contribution in [2.45, 2.75) is 6.42 Å². The smallest absolute Gasteiger partial charge is 0.330 e. The Morgan fingerprint density at radius 3 is 2.38 bits per heavy atom. The summed E-state index contributed by atoms with van der Waals surface area (Å²) in [4.78, 5) is 21.7. The van der Waals surface area contributed by atoms with Crippen LogP contribution in [0.2, 0.25) is 0 Å². The number of aliphatic hydroxyl groups excluding tert-OH is 2. The molecule has 0 saturated heterocycles. The Labute approximate surface area is 75.6 Å². The highest BCUT2D eigenvalue weighted by atomic mass is 16.5. The number of ketones is 1. The minimum Gasteiger partial charge on any atom is -0.466 e. The van der Waals surface area contributed by atoms with Crippen molar-refractivity contribution in [3.8, 4) is 0 Å². The van der Waals surface area contributed by atoms with E-state index in [1.54, 1.807) is 0 Å². The van der Waals surface area contributed by atoms with Gasteiger partial charge in [-0.1, -0.05) is 0 Å². The third kappa shape index (κ3) is 4.39. The molecule has 0 fully saturated rings. The number of Topliss-reactive ketones (excluding diaryl/α,β-unsaturated/α-hetero) is 1. The molecule has 13 heavy (non-hydrogen) atoms. The molecule has 5 heteroatoms. The van der Waals surface area contributed by atoms with Gasteiger partial charge in [0.15, 0.2) is 5.78 Å². The molecule has 0 heterocycles. The van der Waals surface area contributed by atoms with Gasteiger partial charge in [-0.25, -0.2) is 4.79 Å². The minimum absolute atomic E-state index is 0.0547. The van der Waals surface area contributed by atoms with Crippen molar-refractivity contribution in [3.05, 3.63) is 11.6 Å². The number of ether oxygens (including phenoxy) is 1. The van der Waals surface area contributed by atoms with Gasteiger partial charge >= 0.3 is 5.97 Å². The van der Waals surface area contributed by atoms with Gasteiger partial charge in [-0.2, -0.15) is 0 Å². The monoisotopic (exact) mass is 188 g/mol. The fourth-order valence-corrected chi connectivity index (χ4v) is 0.678. The van der Waals surface area contributed by atoms with E-state index in [-0.39, 0.29) is 18.6 Å². The Balaban J connectivity index is 4.40. The molecular formula is C8H12O5. The zero-order chi connectivity index (χ0) is 10.3. The number of carbonyl (C=O) groups excluding carboxylic acids is 2. The van der Waals surface area contributed by atoms with Crippen LogP contribution in [-0.4, -0.2) is 42.3 Å². The average molecular weight is 188 g/mol. The molecule has 0 bridgehead atoms. The molecule has 0 atom stereocenters. The second kappa shape index (κ2) is 6.33. The summed E-state index contributed by atoms with van der Waals surface area (Å²) < 4.78 is 4.27. The molecule has 0 aromatic heterocycles. The van der Waals surface area contributed by atoms with E-state index in [9.17, 15) is 9.59 Å². The van der Waals surface area contributed by atoms with Crippen molar-refractivity contribution in [2.75, 3.05) is 20.3 Å². The second-order valence-corrected chi connectivity index (χ2v) is 2.25. The number of rotatable bonds is 5. The van der Waals surface area contributed by atoms with E-state index in [2.05, 4.69) is 4.74 Å². The molecule has 0 saturated carbocycles. The lowest BCUT2D eigenvalue weighted by molar-refractivity contribution is -0.135. The molecule has 0 radical (unpaired) electrons. The number of aliphatic hydroxyl groups is 2.